The maximum atomic E-state index is 12.3. The third-order valence-corrected chi connectivity index (χ3v) is 4.95. The molecule has 2 aromatic carbocycles. The molecule has 5 heteroatoms. The highest BCUT2D eigenvalue weighted by Gasteiger charge is 2.28. The van der Waals surface area contributed by atoms with Crippen LogP contribution >= 0.6 is 0 Å². The number of amides is 1. The van der Waals surface area contributed by atoms with Crippen LogP contribution in [0.2, 0.25) is 0 Å². The van der Waals surface area contributed by atoms with E-state index in [1.165, 1.54) is 29.7 Å². The molecule has 1 N–H and O–H groups in total. The van der Waals surface area contributed by atoms with Gasteiger partial charge in [0.1, 0.15) is 11.6 Å². The number of carbonyl (C=O) groups is 1. The van der Waals surface area contributed by atoms with Crippen LogP contribution in [0.3, 0.4) is 0 Å². The van der Waals surface area contributed by atoms with E-state index in [4.69, 9.17) is 9.72 Å². The second kappa shape index (κ2) is 6.83. The molecule has 1 aliphatic carbocycles. The molecule has 0 radical (unpaired) electrons. The predicted molar refractivity (Wildman–Crippen MR) is 102 cm³/mol. The van der Waals surface area contributed by atoms with Gasteiger partial charge in [0.2, 0.25) is 0 Å². The fraction of sp³-hybridized carbons (Fsp3) is 0.333. The number of benzene rings is 2. The molecule has 1 aromatic heterocycles. The third-order valence-electron chi connectivity index (χ3n) is 4.95. The van der Waals surface area contributed by atoms with Crippen LogP contribution < -0.4 is 10.1 Å². The van der Waals surface area contributed by atoms with E-state index in [2.05, 4.69) is 35.1 Å². The largest absolute Gasteiger partial charge is 0.497 e. The van der Waals surface area contributed by atoms with E-state index < -0.39 is 0 Å². The number of nitrogens with one attached hydrogen (secondary N) is 1. The molecular formula is C21H23N3O2. The molecule has 1 heterocycles. The Kier molecular flexibility index (Phi) is 4.37. The minimum Gasteiger partial charge on any atom is -0.497 e. The van der Waals surface area contributed by atoms with Gasteiger partial charge in [-0.2, -0.15) is 0 Å². The molecule has 1 fully saturated rings. The smallest absolute Gasteiger partial charge is 0.251 e. The molecule has 0 atom stereocenters. The van der Waals surface area contributed by atoms with E-state index in [0.717, 1.165) is 11.9 Å². The van der Waals surface area contributed by atoms with Crippen molar-refractivity contribution < 1.29 is 9.53 Å². The number of ether oxygens (including phenoxy) is 1. The molecule has 0 saturated heterocycles. The average Bonchev–Trinajstić information content (AvgIpc) is 3.46. The summed E-state index contributed by atoms with van der Waals surface area (Å²) in [7, 11) is 3.69. The van der Waals surface area contributed by atoms with Crippen molar-refractivity contribution in [2.75, 3.05) is 13.7 Å². The number of hydrogen-bond acceptors (Lipinski definition) is 3. The monoisotopic (exact) mass is 349 g/mol. The Labute approximate surface area is 153 Å². The van der Waals surface area contributed by atoms with Crippen LogP contribution in [0.4, 0.5) is 0 Å². The summed E-state index contributed by atoms with van der Waals surface area (Å²) in [5.74, 6) is 2.44. The molecule has 5 nitrogen and oxygen atoms in total. The number of rotatable bonds is 6. The number of nitrogens with zero attached hydrogens (tertiary/aromatic N) is 2. The number of methoxy groups -OCH3 is 1. The summed E-state index contributed by atoms with van der Waals surface area (Å²) in [6.45, 7) is 0.587. The van der Waals surface area contributed by atoms with Crippen molar-refractivity contribution in [2.45, 2.75) is 25.2 Å². The first kappa shape index (κ1) is 16.6. The van der Waals surface area contributed by atoms with E-state index in [1.807, 2.05) is 12.1 Å². The lowest BCUT2D eigenvalue weighted by Crippen LogP contribution is -2.25. The van der Waals surface area contributed by atoms with Gasteiger partial charge in [-0.05, 0) is 55.2 Å². The second-order valence-electron chi connectivity index (χ2n) is 6.86. The molecule has 1 saturated carbocycles. The molecule has 1 amide bonds. The molecule has 3 aromatic rings. The third kappa shape index (κ3) is 3.29. The maximum absolute atomic E-state index is 12.3. The number of fused-ring (bicyclic) bond motifs is 1. The Bertz CT molecular complexity index is 957. The van der Waals surface area contributed by atoms with Crippen LogP contribution in [-0.4, -0.2) is 29.1 Å². The van der Waals surface area contributed by atoms with Crippen LogP contribution in [0.1, 0.15) is 40.5 Å². The highest BCUT2D eigenvalue weighted by Crippen LogP contribution is 2.40. The molecule has 0 aliphatic heterocycles. The normalized spacial score (nSPS) is 13.8. The van der Waals surface area contributed by atoms with Gasteiger partial charge in [0.05, 0.1) is 18.1 Å². The van der Waals surface area contributed by atoms with Crippen LogP contribution in [0.25, 0.3) is 11.0 Å². The van der Waals surface area contributed by atoms with Crippen molar-refractivity contribution in [3.63, 3.8) is 0 Å². The van der Waals surface area contributed by atoms with Gasteiger partial charge in [-0.15, -0.1) is 0 Å². The number of hydrogen-bond donors (Lipinski definition) is 1. The van der Waals surface area contributed by atoms with Gasteiger partial charge < -0.3 is 14.6 Å². The summed E-state index contributed by atoms with van der Waals surface area (Å²) >= 11 is 0. The molecule has 0 spiro atoms. The van der Waals surface area contributed by atoms with Gasteiger partial charge in [-0.25, -0.2) is 4.98 Å². The van der Waals surface area contributed by atoms with Gasteiger partial charge in [-0.1, -0.05) is 12.1 Å². The Hall–Kier alpha value is -2.82. The SMILES string of the molecule is COc1cccc(C(=O)NCCc2ccc3c(c2)nc(C2CC2)n3C)c1. The fourth-order valence-electron chi connectivity index (χ4n) is 3.31. The average molecular weight is 349 g/mol. The van der Waals surface area contributed by atoms with Crippen LogP contribution in [0.15, 0.2) is 42.5 Å². The van der Waals surface area contributed by atoms with Crippen LogP contribution in [0.5, 0.6) is 5.75 Å². The Morgan fingerprint density at radius 1 is 1.27 bits per heavy atom. The molecule has 26 heavy (non-hydrogen) atoms. The van der Waals surface area contributed by atoms with Crippen molar-refractivity contribution in [2.24, 2.45) is 7.05 Å². The van der Waals surface area contributed by atoms with Gasteiger partial charge in [-0.3, -0.25) is 4.79 Å². The van der Waals surface area contributed by atoms with Gasteiger partial charge in [0, 0.05) is 25.1 Å². The first-order chi connectivity index (χ1) is 12.7. The first-order valence-corrected chi connectivity index (χ1v) is 9.03. The van der Waals surface area contributed by atoms with E-state index in [9.17, 15) is 4.79 Å². The van der Waals surface area contributed by atoms with Gasteiger partial charge in [0.15, 0.2) is 0 Å². The van der Waals surface area contributed by atoms with Crippen molar-refractivity contribution >= 4 is 16.9 Å². The second-order valence-corrected chi connectivity index (χ2v) is 6.86. The van der Waals surface area contributed by atoms with E-state index in [0.29, 0.717) is 23.8 Å². The summed E-state index contributed by atoms with van der Waals surface area (Å²) in [4.78, 5) is 17.1. The van der Waals surface area contributed by atoms with Gasteiger partial charge >= 0.3 is 0 Å². The maximum Gasteiger partial charge on any atom is 0.251 e. The Balaban J connectivity index is 1.40. The zero-order valence-electron chi connectivity index (χ0n) is 15.2. The lowest BCUT2D eigenvalue weighted by atomic mass is 10.1. The zero-order chi connectivity index (χ0) is 18.1. The van der Waals surface area contributed by atoms with Crippen molar-refractivity contribution in [3.8, 4) is 5.75 Å². The summed E-state index contributed by atoms with van der Waals surface area (Å²) < 4.78 is 7.37. The number of imidazole rings is 1. The summed E-state index contributed by atoms with van der Waals surface area (Å²) in [6, 6.07) is 13.6. The molecular weight excluding hydrogens is 326 g/mol. The first-order valence-electron chi connectivity index (χ1n) is 9.03. The van der Waals surface area contributed by atoms with Crippen molar-refractivity contribution in [1.29, 1.82) is 0 Å². The topological polar surface area (TPSA) is 56.1 Å². The van der Waals surface area contributed by atoms with E-state index in [1.54, 1.807) is 19.2 Å². The molecule has 134 valence electrons. The highest BCUT2D eigenvalue weighted by atomic mass is 16.5. The quantitative estimate of drug-likeness (QED) is 0.742. The Morgan fingerprint density at radius 2 is 2.12 bits per heavy atom. The molecule has 1 aliphatic rings. The zero-order valence-corrected chi connectivity index (χ0v) is 15.2. The Morgan fingerprint density at radius 3 is 2.88 bits per heavy atom. The molecule has 0 unspecified atom stereocenters. The number of carbonyl (C=O) groups excluding carboxylic acids is 1. The standard InChI is InChI=1S/C21H23N3O2/c1-24-19-9-6-14(12-18(19)23-20(24)15-7-8-15)10-11-22-21(25)16-4-3-5-17(13-16)26-2/h3-6,9,12-13,15H,7-8,10-11H2,1-2H3,(H,22,25). The minimum atomic E-state index is -0.0844. The van der Waals surface area contributed by atoms with Crippen LogP contribution in [0, 0.1) is 0 Å². The van der Waals surface area contributed by atoms with E-state index >= 15 is 0 Å². The summed E-state index contributed by atoms with van der Waals surface area (Å²) in [5, 5.41) is 2.97. The fourth-order valence-corrected chi connectivity index (χ4v) is 3.31. The van der Waals surface area contributed by atoms with Crippen molar-refractivity contribution in [3.05, 3.63) is 59.4 Å². The summed E-state index contributed by atoms with van der Waals surface area (Å²) in [6.07, 6.45) is 3.28. The number of aromatic nitrogens is 2. The molecule has 4 rings (SSSR count). The predicted octanol–water partition coefficient (Wildman–Crippen LogP) is 3.43. The minimum absolute atomic E-state index is 0.0844. The lowest BCUT2D eigenvalue weighted by Gasteiger charge is -2.07. The van der Waals surface area contributed by atoms with Crippen molar-refractivity contribution in [1.82, 2.24) is 14.9 Å². The number of aryl methyl sites for hydroxylation is 1. The van der Waals surface area contributed by atoms with Gasteiger partial charge in [0.25, 0.3) is 5.91 Å². The van der Waals surface area contributed by atoms with E-state index in [-0.39, 0.29) is 5.91 Å². The summed E-state index contributed by atoms with van der Waals surface area (Å²) in [5.41, 5.74) is 4.02. The molecule has 0 bridgehead atoms. The highest BCUT2D eigenvalue weighted by molar-refractivity contribution is 5.94. The lowest BCUT2D eigenvalue weighted by molar-refractivity contribution is 0.0954. The van der Waals surface area contributed by atoms with Crippen LogP contribution in [-0.2, 0) is 13.5 Å².